The van der Waals surface area contributed by atoms with Gasteiger partial charge in [-0.05, 0) is 12.8 Å². The molecular weight excluding hydrogens is 308 g/mol. The van der Waals surface area contributed by atoms with Gasteiger partial charge in [-0.25, -0.2) is 13.2 Å². The van der Waals surface area contributed by atoms with Gasteiger partial charge in [0.2, 0.25) is 10.9 Å². The van der Waals surface area contributed by atoms with E-state index in [9.17, 15) is 31.1 Å². The van der Waals surface area contributed by atoms with E-state index in [1.165, 1.54) is 0 Å². The molecule has 1 rings (SSSR count). The monoisotopic (exact) mass is 323 g/mol. The van der Waals surface area contributed by atoms with Crippen LogP contribution in [0.1, 0.15) is 32.1 Å². The van der Waals surface area contributed by atoms with Crippen LogP contribution in [0.4, 0.5) is 26.3 Å². The van der Waals surface area contributed by atoms with Crippen LogP contribution in [0, 0.1) is 5.92 Å². The van der Waals surface area contributed by atoms with E-state index in [4.69, 9.17) is 5.73 Å². The van der Waals surface area contributed by atoms with Gasteiger partial charge in [-0.2, -0.15) is 13.2 Å². The highest BCUT2D eigenvalue weighted by Crippen LogP contribution is 2.47. The number of nitrogens with two attached hydrogens (primary N) is 1. The maximum Gasteiger partial charge on any atom is 0.389 e. The van der Waals surface area contributed by atoms with Gasteiger partial charge < -0.3 is 5.73 Å². The molecule has 2 nitrogen and oxygen atoms in total. The summed E-state index contributed by atoms with van der Waals surface area (Å²) in [5.41, 5.74) is 4.92. The van der Waals surface area contributed by atoms with Crippen molar-refractivity contribution in [3.63, 3.8) is 0 Å². The first-order valence-corrected chi connectivity index (χ1v) is 7.02. The van der Waals surface area contributed by atoms with Crippen molar-refractivity contribution >= 4 is 17.7 Å². The summed E-state index contributed by atoms with van der Waals surface area (Å²) in [4.78, 5) is 11.2. The lowest BCUT2D eigenvalue weighted by Gasteiger charge is -2.36. The maximum atomic E-state index is 14.5. The molecule has 0 aliphatic heterocycles. The molecule has 1 fully saturated rings. The number of hydrogen-bond acceptors (Lipinski definition) is 2. The van der Waals surface area contributed by atoms with E-state index in [2.05, 4.69) is 0 Å². The molecule has 0 spiro atoms. The third kappa shape index (κ3) is 4.75. The molecule has 1 aliphatic rings. The number of carbonyl (C=O) groups excluding carboxylic acids is 1. The molecule has 1 unspecified atom stereocenters. The third-order valence-electron chi connectivity index (χ3n) is 3.28. The Hall–Kier alpha value is -0.600. The first-order chi connectivity index (χ1) is 8.96. The minimum Gasteiger partial charge on any atom is -0.366 e. The molecule has 0 aromatic rings. The Balaban J connectivity index is 2.65. The van der Waals surface area contributed by atoms with E-state index in [1.807, 2.05) is 0 Å². The molecule has 0 aromatic heterocycles. The van der Waals surface area contributed by atoms with Crippen LogP contribution in [0.5, 0.6) is 0 Å². The summed E-state index contributed by atoms with van der Waals surface area (Å²) < 4.78 is 76.5. The number of hydrogen-bond donors (Lipinski definition) is 1. The van der Waals surface area contributed by atoms with E-state index in [0.29, 0.717) is 0 Å². The normalized spacial score (nSPS) is 23.3. The van der Waals surface area contributed by atoms with Crippen molar-refractivity contribution < 1.29 is 31.1 Å². The Morgan fingerprint density at radius 3 is 2.10 bits per heavy atom. The van der Waals surface area contributed by atoms with Crippen molar-refractivity contribution in [2.75, 3.05) is 5.75 Å². The van der Waals surface area contributed by atoms with E-state index in [1.54, 1.807) is 0 Å². The number of thioether (sulfide) groups is 1. The van der Waals surface area contributed by atoms with Gasteiger partial charge >= 0.3 is 6.18 Å². The smallest absolute Gasteiger partial charge is 0.366 e. The fourth-order valence-electron chi connectivity index (χ4n) is 2.12. The second-order valence-corrected chi connectivity index (χ2v) is 6.14. The minimum absolute atomic E-state index is 0.159. The molecule has 2 N–H and O–H groups in total. The Morgan fingerprint density at radius 1 is 1.20 bits per heavy atom. The van der Waals surface area contributed by atoms with Crippen LogP contribution < -0.4 is 5.73 Å². The highest BCUT2D eigenvalue weighted by Gasteiger charge is 2.50. The first-order valence-electron chi connectivity index (χ1n) is 6.04. The molecule has 1 aliphatic carbocycles. The topological polar surface area (TPSA) is 43.1 Å². The van der Waals surface area contributed by atoms with Crippen molar-refractivity contribution in [1.82, 2.24) is 0 Å². The summed E-state index contributed by atoms with van der Waals surface area (Å²) in [5.74, 6) is -6.06. The fourth-order valence-corrected chi connectivity index (χ4v) is 3.36. The highest BCUT2D eigenvalue weighted by molar-refractivity contribution is 8.01. The largest absolute Gasteiger partial charge is 0.389 e. The van der Waals surface area contributed by atoms with Gasteiger partial charge in [0.15, 0.2) is 0 Å². The van der Waals surface area contributed by atoms with Crippen molar-refractivity contribution in [3.8, 4) is 0 Å². The number of primary amides is 1. The van der Waals surface area contributed by atoms with Gasteiger partial charge in [-0.1, -0.05) is 0 Å². The van der Waals surface area contributed by atoms with Gasteiger partial charge in [-0.3, -0.25) is 4.79 Å². The molecule has 0 bridgehead atoms. The molecule has 1 amide bonds. The van der Waals surface area contributed by atoms with Crippen molar-refractivity contribution in [3.05, 3.63) is 0 Å². The Bertz CT molecular complexity index is 351. The summed E-state index contributed by atoms with van der Waals surface area (Å²) in [6.07, 6.45) is -7.45. The van der Waals surface area contributed by atoms with Gasteiger partial charge in [0.1, 0.15) is 0 Å². The summed E-state index contributed by atoms with van der Waals surface area (Å²) in [6, 6.07) is 0. The average molecular weight is 323 g/mol. The van der Waals surface area contributed by atoms with E-state index < -0.39 is 53.9 Å². The van der Waals surface area contributed by atoms with Gasteiger partial charge in [0, 0.05) is 24.5 Å². The molecule has 0 heterocycles. The quantitative estimate of drug-likeness (QED) is 0.785. The molecule has 0 aromatic carbocycles. The van der Waals surface area contributed by atoms with Gasteiger partial charge in [0.25, 0.3) is 5.91 Å². The summed E-state index contributed by atoms with van der Waals surface area (Å²) in [7, 11) is 0. The molecular formula is C11H15F6NOS. The van der Waals surface area contributed by atoms with Crippen molar-refractivity contribution in [2.24, 2.45) is 11.7 Å². The van der Waals surface area contributed by atoms with Gasteiger partial charge in [-0.15, -0.1) is 11.8 Å². The van der Waals surface area contributed by atoms with E-state index in [-0.39, 0.29) is 24.6 Å². The van der Waals surface area contributed by atoms with Crippen LogP contribution in [0.15, 0.2) is 0 Å². The van der Waals surface area contributed by atoms with Crippen LogP contribution in [0.2, 0.25) is 0 Å². The zero-order valence-electron chi connectivity index (χ0n) is 10.5. The van der Waals surface area contributed by atoms with Crippen LogP contribution >= 0.6 is 11.8 Å². The molecule has 0 saturated heterocycles. The lowest BCUT2D eigenvalue weighted by molar-refractivity contribution is -0.132. The van der Waals surface area contributed by atoms with Crippen LogP contribution in [-0.4, -0.2) is 28.8 Å². The van der Waals surface area contributed by atoms with Crippen LogP contribution in [-0.2, 0) is 4.79 Å². The number of carbonyl (C=O) groups is 1. The SMILES string of the molecule is NC(=O)C(F)(SCCC(F)(F)F)C1CCC(F)(F)CC1. The standard InChI is InChI=1S/C11H15F6NOS/c12-9(13)3-1-7(2-4-9)11(17,8(18)19)20-6-5-10(14,15)16/h7H,1-6H2,(H2,18,19). The predicted molar refractivity (Wildman–Crippen MR) is 63.1 cm³/mol. The second-order valence-electron chi connectivity index (χ2n) is 4.85. The maximum absolute atomic E-state index is 14.5. The summed E-state index contributed by atoms with van der Waals surface area (Å²) >= 11 is 0.159. The molecule has 1 saturated carbocycles. The van der Waals surface area contributed by atoms with E-state index >= 15 is 0 Å². The van der Waals surface area contributed by atoms with E-state index in [0.717, 1.165) is 0 Å². The Labute approximate surface area is 116 Å². The van der Waals surface area contributed by atoms with Crippen molar-refractivity contribution in [1.29, 1.82) is 0 Å². The molecule has 1 atom stereocenters. The average Bonchev–Trinajstić information content (AvgIpc) is 2.26. The first kappa shape index (κ1) is 17.5. The zero-order valence-corrected chi connectivity index (χ0v) is 11.3. The number of rotatable bonds is 5. The van der Waals surface area contributed by atoms with Gasteiger partial charge in [0.05, 0.1) is 6.42 Å². The van der Waals surface area contributed by atoms with Crippen molar-refractivity contribution in [2.45, 2.75) is 49.2 Å². The Morgan fingerprint density at radius 2 is 1.70 bits per heavy atom. The lowest BCUT2D eigenvalue weighted by atomic mass is 9.83. The van der Waals surface area contributed by atoms with Crippen LogP contribution in [0.25, 0.3) is 0 Å². The molecule has 20 heavy (non-hydrogen) atoms. The lowest BCUT2D eigenvalue weighted by Crippen LogP contribution is -2.46. The summed E-state index contributed by atoms with van der Waals surface area (Å²) in [6.45, 7) is 0. The van der Waals surface area contributed by atoms with Crippen LogP contribution in [0.3, 0.4) is 0 Å². The number of alkyl halides is 6. The zero-order chi connectivity index (χ0) is 15.6. The molecule has 9 heteroatoms. The number of amides is 1. The number of halogens is 6. The minimum atomic E-state index is -4.47. The highest BCUT2D eigenvalue weighted by atomic mass is 32.2. The third-order valence-corrected chi connectivity index (χ3v) is 4.64. The fraction of sp³-hybridized carbons (Fsp3) is 0.909. The molecule has 118 valence electrons. The predicted octanol–water partition coefficient (Wildman–Crippen LogP) is 3.65. The molecule has 0 radical (unpaired) electrons. The summed E-state index contributed by atoms with van der Waals surface area (Å²) in [5, 5.41) is -2.72. The Kier molecular flexibility index (Phi) is 5.26. The second kappa shape index (κ2) is 6.03.